The molecule has 2 aromatic rings. The summed E-state index contributed by atoms with van der Waals surface area (Å²) in [5, 5.41) is 3.08. The van der Waals surface area contributed by atoms with Gasteiger partial charge < -0.3 is 15.1 Å². The normalized spacial score (nSPS) is 15.5. The Morgan fingerprint density at radius 3 is 2.43 bits per heavy atom. The first kappa shape index (κ1) is 22.2. The third kappa shape index (κ3) is 5.33. The first-order valence-corrected chi connectivity index (χ1v) is 10.3. The lowest BCUT2D eigenvalue weighted by Gasteiger charge is -2.33. The van der Waals surface area contributed by atoms with Crippen molar-refractivity contribution in [3.63, 3.8) is 0 Å². The minimum atomic E-state index is -4.34. The number of rotatable bonds is 5. The van der Waals surface area contributed by atoms with Crippen LogP contribution in [0.4, 0.5) is 24.5 Å². The number of nitrogens with one attached hydrogen (secondary N) is 2. The minimum Gasteiger partial charge on any atom is -0.360 e. The van der Waals surface area contributed by atoms with Crippen molar-refractivity contribution in [1.82, 2.24) is 0 Å². The number of aryl methyl sites for hydroxylation is 1. The SMILES string of the molecule is Cc1cccc(C(C)C)c1NC(=O)C[NH+]1CCN(c2cccc(C(F)(F)F)c2)CC1. The molecular weight excluding hydrogens is 391 g/mol. The molecule has 1 heterocycles. The molecule has 0 atom stereocenters. The maximum atomic E-state index is 13.0. The van der Waals surface area contributed by atoms with E-state index in [9.17, 15) is 18.0 Å². The van der Waals surface area contributed by atoms with E-state index in [4.69, 9.17) is 0 Å². The highest BCUT2D eigenvalue weighted by Crippen LogP contribution is 2.31. The summed E-state index contributed by atoms with van der Waals surface area (Å²) in [4.78, 5) is 15.7. The Morgan fingerprint density at radius 2 is 1.80 bits per heavy atom. The Hall–Kier alpha value is -2.54. The molecule has 0 radical (unpaired) electrons. The molecule has 30 heavy (non-hydrogen) atoms. The van der Waals surface area contributed by atoms with Crippen molar-refractivity contribution in [2.24, 2.45) is 0 Å². The summed E-state index contributed by atoms with van der Waals surface area (Å²) in [5.41, 5.74) is 2.99. The van der Waals surface area contributed by atoms with Gasteiger partial charge in [0.25, 0.3) is 5.91 Å². The molecule has 7 heteroatoms. The van der Waals surface area contributed by atoms with Gasteiger partial charge in [-0.1, -0.05) is 38.1 Å². The lowest BCUT2D eigenvalue weighted by atomic mass is 9.98. The number of amides is 1. The van der Waals surface area contributed by atoms with E-state index in [1.165, 1.54) is 12.1 Å². The second-order valence-corrected chi connectivity index (χ2v) is 8.20. The number of nitrogens with zero attached hydrogens (tertiary/aromatic N) is 1. The summed E-state index contributed by atoms with van der Waals surface area (Å²) >= 11 is 0. The second-order valence-electron chi connectivity index (χ2n) is 8.20. The van der Waals surface area contributed by atoms with Crippen LogP contribution in [0, 0.1) is 6.92 Å². The summed E-state index contributed by atoms with van der Waals surface area (Å²) in [6, 6.07) is 11.5. The van der Waals surface area contributed by atoms with E-state index < -0.39 is 11.7 Å². The van der Waals surface area contributed by atoms with Crippen LogP contribution in [-0.4, -0.2) is 38.6 Å². The first-order chi connectivity index (χ1) is 14.1. The van der Waals surface area contributed by atoms with E-state index in [-0.39, 0.29) is 5.91 Å². The predicted molar refractivity (Wildman–Crippen MR) is 113 cm³/mol. The lowest BCUT2D eigenvalue weighted by Crippen LogP contribution is -3.15. The van der Waals surface area contributed by atoms with Crippen LogP contribution in [0.2, 0.25) is 0 Å². The van der Waals surface area contributed by atoms with E-state index in [0.717, 1.165) is 27.8 Å². The summed E-state index contributed by atoms with van der Waals surface area (Å²) in [7, 11) is 0. The smallest absolute Gasteiger partial charge is 0.360 e. The number of quaternary nitrogens is 1. The molecule has 0 saturated carbocycles. The van der Waals surface area contributed by atoms with Gasteiger partial charge in [0, 0.05) is 11.4 Å². The van der Waals surface area contributed by atoms with Gasteiger partial charge in [0.2, 0.25) is 0 Å². The van der Waals surface area contributed by atoms with Gasteiger partial charge in [-0.05, 0) is 42.2 Å². The molecule has 2 N–H and O–H groups in total. The van der Waals surface area contributed by atoms with Gasteiger partial charge in [0.15, 0.2) is 6.54 Å². The van der Waals surface area contributed by atoms with Crippen molar-refractivity contribution in [2.75, 3.05) is 42.9 Å². The largest absolute Gasteiger partial charge is 0.416 e. The molecule has 162 valence electrons. The van der Waals surface area contributed by atoms with Crippen LogP contribution in [0.3, 0.4) is 0 Å². The zero-order chi connectivity index (χ0) is 21.9. The zero-order valence-electron chi connectivity index (χ0n) is 17.6. The summed E-state index contributed by atoms with van der Waals surface area (Å²) < 4.78 is 38.9. The number of alkyl halides is 3. The van der Waals surface area contributed by atoms with Crippen molar-refractivity contribution in [3.05, 3.63) is 59.2 Å². The van der Waals surface area contributed by atoms with Crippen LogP contribution in [0.1, 0.15) is 36.5 Å². The van der Waals surface area contributed by atoms with Crippen molar-refractivity contribution < 1.29 is 22.9 Å². The van der Waals surface area contributed by atoms with E-state index in [1.54, 1.807) is 6.07 Å². The average molecular weight is 420 g/mol. The molecule has 0 spiro atoms. The number of carbonyl (C=O) groups excluding carboxylic acids is 1. The van der Waals surface area contributed by atoms with Gasteiger partial charge in [0.1, 0.15) is 0 Å². The molecule has 3 rings (SSSR count). The van der Waals surface area contributed by atoms with Crippen LogP contribution >= 0.6 is 0 Å². The summed E-state index contributed by atoms with van der Waals surface area (Å²) in [6.07, 6.45) is -4.34. The molecular formula is C23H29F3N3O+. The van der Waals surface area contributed by atoms with E-state index in [2.05, 4.69) is 19.2 Å². The standard InChI is InChI=1S/C23H28F3N3O/c1-16(2)20-9-4-6-17(3)22(20)27-21(30)15-28-10-12-29(13-11-28)19-8-5-7-18(14-19)23(24,25)26/h4-9,14,16H,10-13,15H2,1-3H3,(H,27,30)/p+1. The van der Waals surface area contributed by atoms with Crippen molar-refractivity contribution in [2.45, 2.75) is 32.9 Å². The van der Waals surface area contributed by atoms with Gasteiger partial charge in [-0.15, -0.1) is 0 Å². The topological polar surface area (TPSA) is 36.8 Å². The number of hydrogen-bond acceptors (Lipinski definition) is 2. The minimum absolute atomic E-state index is 0.0336. The number of carbonyl (C=O) groups is 1. The quantitative estimate of drug-likeness (QED) is 0.777. The zero-order valence-corrected chi connectivity index (χ0v) is 17.6. The molecule has 0 aliphatic carbocycles. The highest BCUT2D eigenvalue weighted by Gasteiger charge is 2.31. The van der Waals surface area contributed by atoms with Gasteiger partial charge in [-0.3, -0.25) is 4.79 Å². The Bertz CT molecular complexity index is 888. The number of hydrogen-bond donors (Lipinski definition) is 2. The fourth-order valence-electron chi connectivity index (χ4n) is 3.89. The Kier molecular flexibility index (Phi) is 6.71. The Morgan fingerprint density at radius 1 is 1.13 bits per heavy atom. The molecule has 1 saturated heterocycles. The molecule has 1 fully saturated rings. The van der Waals surface area contributed by atoms with Gasteiger partial charge in [-0.25, -0.2) is 0 Å². The van der Waals surface area contributed by atoms with Gasteiger partial charge in [0.05, 0.1) is 31.7 Å². The maximum Gasteiger partial charge on any atom is 0.416 e. The highest BCUT2D eigenvalue weighted by molar-refractivity contribution is 5.93. The van der Waals surface area contributed by atoms with Crippen molar-refractivity contribution in [1.29, 1.82) is 0 Å². The number of anilines is 2. The molecule has 1 aliphatic rings. The molecule has 4 nitrogen and oxygen atoms in total. The van der Waals surface area contributed by atoms with Crippen LogP contribution in [-0.2, 0) is 11.0 Å². The number of halogens is 3. The predicted octanol–water partition coefficient (Wildman–Crippen LogP) is 3.48. The van der Waals surface area contributed by atoms with Crippen LogP contribution in [0.5, 0.6) is 0 Å². The molecule has 1 amide bonds. The van der Waals surface area contributed by atoms with E-state index in [0.29, 0.717) is 44.3 Å². The highest BCUT2D eigenvalue weighted by atomic mass is 19.4. The maximum absolute atomic E-state index is 13.0. The molecule has 1 aliphatic heterocycles. The van der Waals surface area contributed by atoms with Crippen LogP contribution < -0.4 is 15.1 Å². The lowest BCUT2D eigenvalue weighted by molar-refractivity contribution is -0.892. The van der Waals surface area contributed by atoms with Crippen molar-refractivity contribution in [3.8, 4) is 0 Å². The molecule has 0 bridgehead atoms. The Labute approximate surface area is 175 Å². The second kappa shape index (κ2) is 9.08. The monoisotopic (exact) mass is 420 g/mol. The average Bonchev–Trinajstić information content (AvgIpc) is 2.69. The number of para-hydroxylation sites is 1. The summed E-state index contributed by atoms with van der Waals surface area (Å²) in [5.74, 6) is 0.275. The molecule has 0 aromatic heterocycles. The van der Waals surface area contributed by atoms with Crippen LogP contribution in [0.25, 0.3) is 0 Å². The molecule has 2 aromatic carbocycles. The fraction of sp³-hybridized carbons (Fsp3) is 0.435. The third-order valence-corrected chi connectivity index (χ3v) is 5.61. The Balaban J connectivity index is 1.57. The number of benzene rings is 2. The molecule has 0 unspecified atom stereocenters. The first-order valence-electron chi connectivity index (χ1n) is 10.3. The van der Waals surface area contributed by atoms with E-state index >= 15 is 0 Å². The van der Waals surface area contributed by atoms with Gasteiger partial charge in [-0.2, -0.15) is 13.2 Å². The number of piperazine rings is 1. The van der Waals surface area contributed by atoms with Gasteiger partial charge >= 0.3 is 6.18 Å². The van der Waals surface area contributed by atoms with Crippen LogP contribution in [0.15, 0.2) is 42.5 Å². The third-order valence-electron chi connectivity index (χ3n) is 5.61. The van der Waals surface area contributed by atoms with Crippen molar-refractivity contribution >= 4 is 17.3 Å². The summed E-state index contributed by atoms with van der Waals surface area (Å²) in [6.45, 7) is 9.18. The fourth-order valence-corrected chi connectivity index (χ4v) is 3.89. The van der Waals surface area contributed by atoms with E-state index in [1.807, 2.05) is 30.0 Å².